The van der Waals surface area contributed by atoms with Gasteiger partial charge in [0.15, 0.2) is 0 Å². The molecule has 0 aliphatic carbocycles. The van der Waals surface area contributed by atoms with E-state index in [9.17, 15) is 4.79 Å². The zero-order chi connectivity index (χ0) is 12.4. The second kappa shape index (κ2) is 4.66. The van der Waals surface area contributed by atoms with Gasteiger partial charge in [-0.3, -0.25) is 4.79 Å². The molecule has 3 nitrogen and oxygen atoms in total. The Kier molecular flexibility index (Phi) is 4.55. The Bertz CT molecular complexity index is 231. The minimum Gasteiger partial charge on any atom is -0.518 e. The van der Waals surface area contributed by atoms with E-state index < -0.39 is 14.4 Å². The van der Waals surface area contributed by atoms with Crippen LogP contribution in [0.3, 0.4) is 0 Å². The van der Waals surface area contributed by atoms with E-state index in [0.29, 0.717) is 0 Å². The molecule has 90 valence electrons. The Hall–Kier alpha value is -0.353. The fraction of sp³-hybridized carbons (Fsp3) is 0.909. The molecule has 0 aromatic rings. The van der Waals surface area contributed by atoms with Gasteiger partial charge in [0.25, 0.3) is 8.32 Å². The van der Waals surface area contributed by atoms with Crippen molar-refractivity contribution in [2.45, 2.75) is 58.8 Å². The molecule has 1 unspecified atom stereocenters. The van der Waals surface area contributed by atoms with Crippen molar-refractivity contribution in [1.29, 1.82) is 0 Å². The molecule has 0 aromatic carbocycles. The predicted octanol–water partition coefficient (Wildman–Crippen LogP) is 2.52. The lowest BCUT2D eigenvalue weighted by Gasteiger charge is -2.36. The summed E-state index contributed by atoms with van der Waals surface area (Å²) in [6.45, 7) is 14.3. The molecule has 0 aromatic heterocycles. The van der Waals surface area contributed by atoms with Crippen LogP contribution < -0.4 is 5.73 Å². The maximum absolute atomic E-state index is 11.7. The van der Waals surface area contributed by atoms with Crippen LogP contribution in [0.4, 0.5) is 0 Å². The highest BCUT2D eigenvalue weighted by molar-refractivity contribution is 6.75. The third-order valence-electron chi connectivity index (χ3n) is 3.15. The fourth-order valence-electron chi connectivity index (χ4n) is 0.745. The van der Waals surface area contributed by atoms with Crippen LogP contribution in [-0.2, 0) is 9.22 Å². The van der Waals surface area contributed by atoms with E-state index in [2.05, 4.69) is 33.9 Å². The number of rotatable bonds is 3. The van der Waals surface area contributed by atoms with Crippen LogP contribution in [-0.4, -0.2) is 20.3 Å². The molecular formula is C11H25NO2Si. The fourth-order valence-corrected chi connectivity index (χ4v) is 1.69. The average Bonchev–Trinajstić information content (AvgIpc) is 1.99. The van der Waals surface area contributed by atoms with Gasteiger partial charge in [0.05, 0.1) is 0 Å². The molecule has 0 saturated heterocycles. The topological polar surface area (TPSA) is 52.3 Å². The number of hydrogen-bond acceptors (Lipinski definition) is 3. The van der Waals surface area contributed by atoms with Crippen LogP contribution in [0.25, 0.3) is 0 Å². The van der Waals surface area contributed by atoms with Gasteiger partial charge in [0.2, 0.25) is 0 Å². The average molecular weight is 231 g/mol. The summed E-state index contributed by atoms with van der Waals surface area (Å²) in [5, 5.41) is 0.0410. The first-order valence-electron chi connectivity index (χ1n) is 5.47. The van der Waals surface area contributed by atoms with E-state index in [1.807, 2.05) is 13.8 Å². The summed E-state index contributed by atoms with van der Waals surface area (Å²) in [6.07, 6.45) is 0. The SMILES string of the molecule is CC(C)C(N)C(=O)O[Si](C)(C)C(C)(C)C. The summed E-state index contributed by atoms with van der Waals surface area (Å²) >= 11 is 0. The zero-order valence-electron chi connectivity index (χ0n) is 11.0. The van der Waals surface area contributed by atoms with E-state index in [-0.39, 0.29) is 16.9 Å². The van der Waals surface area contributed by atoms with E-state index in [1.54, 1.807) is 0 Å². The minimum atomic E-state index is -2.01. The van der Waals surface area contributed by atoms with Crippen LogP contribution in [0, 0.1) is 5.92 Å². The van der Waals surface area contributed by atoms with Crippen molar-refractivity contribution in [2.75, 3.05) is 0 Å². The second-order valence-electron chi connectivity index (χ2n) is 5.95. The van der Waals surface area contributed by atoms with Gasteiger partial charge in [-0.05, 0) is 24.1 Å². The molecular weight excluding hydrogens is 206 g/mol. The van der Waals surface area contributed by atoms with Crippen molar-refractivity contribution in [2.24, 2.45) is 11.7 Å². The molecule has 0 bridgehead atoms. The summed E-state index contributed by atoms with van der Waals surface area (Å²) in [7, 11) is -2.01. The van der Waals surface area contributed by atoms with Crippen molar-refractivity contribution in [1.82, 2.24) is 0 Å². The van der Waals surface area contributed by atoms with Gasteiger partial charge >= 0.3 is 5.97 Å². The molecule has 0 aliphatic rings. The second-order valence-corrected chi connectivity index (χ2v) is 10.7. The maximum atomic E-state index is 11.7. The van der Waals surface area contributed by atoms with Crippen LogP contribution in [0.2, 0.25) is 18.1 Å². The Labute approximate surface area is 94.5 Å². The molecule has 0 amide bonds. The van der Waals surface area contributed by atoms with Crippen LogP contribution in [0.1, 0.15) is 34.6 Å². The predicted molar refractivity (Wildman–Crippen MR) is 66.1 cm³/mol. The highest BCUT2D eigenvalue weighted by Crippen LogP contribution is 2.36. The molecule has 0 fully saturated rings. The lowest BCUT2D eigenvalue weighted by molar-refractivity contribution is -0.137. The van der Waals surface area contributed by atoms with Gasteiger partial charge in [-0.2, -0.15) is 0 Å². The maximum Gasteiger partial charge on any atom is 0.309 e. The minimum absolute atomic E-state index is 0.0410. The number of carbonyl (C=O) groups excluding carboxylic acids is 1. The lowest BCUT2D eigenvalue weighted by Crippen LogP contribution is -2.48. The molecule has 0 rings (SSSR count). The molecule has 0 spiro atoms. The monoisotopic (exact) mass is 231 g/mol. The molecule has 0 aliphatic heterocycles. The summed E-state index contributed by atoms with van der Waals surface area (Å²) < 4.78 is 5.60. The Morgan fingerprint density at radius 2 is 1.67 bits per heavy atom. The van der Waals surface area contributed by atoms with Crippen LogP contribution in [0.15, 0.2) is 0 Å². The molecule has 0 saturated carbocycles. The van der Waals surface area contributed by atoms with Crippen molar-refractivity contribution < 1.29 is 9.22 Å². The normalized spacial score (nSPS) is 15.3. The number of carbonyl (C=O) groups is 1. The van der Waals surface area contributed by atoms with Crippen LogP contribution in [0.5, 0.6) is 0 Å². The molecule has 1 atom stereocenters. The first kappa shape index (κ1) is 14.6. The first-order chi connectivity index (χ1) is 6.49. The van der Waals surface area contributed by atoms with Gasteiger partial charge in [-0.1, -0.05) is 34.6 Å². The third-order valence-corrected chi connectivity index (χ3v) is 7.48. The van der Waals surface area contributed by atoms with Crippen molar-refractivity contribution in [3.05, 3.63) is 0 Å². The third kappa shape index (κ3) is 3.95. The van der Waals surface area contributed by atoms with E-state index in [1.165, 1.54) is 0 Å². The smallest absolute Gasteiger partial charge is 0.309 e. The summed E-state index contributed by atoms with van der Waals surface area (Å²) in [4.78, 5) is 11.7. The van der Waals surface area contributed by atoms with E-state index in [4.69, 9.17) is 10.2 Å². The quantitative estimate of drug-likeness (QED) is 0.759. The summed E-state index contributed by atoms with van der Waals surface area (Å²) in [5.41, 5.74) is 5.76. The molecule has 2 N–H and O–H groups in total. The van der Waals surface area contributed by atoms with Gasteiger partial charge < -0.3 is 10.2 Å². The van der Waals surface area contributed by atoms with Gasteiger partial charge in [0, 0.05) is 0 Å². The molecule has 15 heavy (non-hydrogen) atoms. The standard InChI is InChI=1S/C11H25NO2Si/c1-8(2)9(12)10(13)14-15(6,7)11(3,4)5/h8-9H,12H2,1-7H3. The van der Waals surface area contributed by atoms with Gasteiger partial charge in [-0.25, -0.2) is 0 Å². The Morgan fingerprint density at radius 3 is 1.93 bits per heavy atom. The molecule has 0 heterocycles. The van der Waals surface area contributed by atoms with E-state index in [0.717, 1.165) is 0 Å². The number of nitrogens with two attached hydrogens (primary N) is 1. The van der Waals surface area contributed by atoms with Crippen molar-refractivity contribution in [3.63, 3.8) is 0 Å². The highest BCUT2D eigenvalue weighted by Gasteiger charge is 2.41. The van der Waals surface area contributed by atoms with Crippen molar-refractivity contribution >= 4 is 14.3 Å². The molecule has 0 radical (unpaired) electrons. The summed E-state index contributed by atoms with van der Waals surface area (Å²) in [6, 6.07) is -0.501. The van der Waals surface area contributed by atoms with Gasteiger partial charge in [-0.15, -0.1) is 0 Å². The summed E-state index contributed by atoms with van der Waals surface area (Å²) in [5.74, 6) is -0.126. The van der Waals surface area contributed by atoms with Crippen molar-refractivity contribution in [3.8, 4) is 0 Å². The number of hydrogen-bond donors (Lipinski definition) is 1. The Balaban J connectivity index is 4.55. The van der Waals surface area contributed by atoms with E-state index >= 15 is 0 Å². The highest BCUT2D eigenvalue weighted by atomic mass is 28.4. The zero-order valence-corrected chi connectivity index (χ0v) is 12.0. The Morgan fingerprint density at radius 1 is 1.27 bits per heavy atom. The van der Waals surface area contributed by atoms with Gasteiger partial charge in [0.1, 0.15) is 6.04 Å². The lowest BCUT2D eigenvalue weighted by atomic mass is 10.1. The first-order valence-corrected chi connectivity index (χ1v) is 8.38. The molecule has 4 heteroatoms. The van der Waals surface area contributed by atoms with Crippen LogP contribution >= 0.6 is 0 Å². The largest absolute Gasteiger partial charge is 0.518 e.